The van der Waals surface area contributed by atoms with Crippen molar-refractivity contribution < 1.29 is 32.2 Å². The average molecular weight is 377 g/mol. The van der Waals surface area contributed by atoms with E-state index in [4.69, 9.17) is 9.47 Å². The van der Waals surface area contributed by atoms with E-state index in [1.807, 2.05) is 0 Å². The van der Waals surface area contributed by atoms with Crippen molar-refractivity contribution in [1.29, 1.82) is 0 Å². The van der Waals surface area contributed by atoms with E-state index in [-0.39, 0.29) is 35.3 Å². The zero-order chi connectivity index (χ0) is 19.4. The number of halogens is 3. The number of carbonyl (C=O) groups excluding carboxylic acids is 1. The molecule has 2 aromatic rings. The lowest BCUT2D eigenvalue weighted by molar-refractivity contribution is -0.129. The highest BCUT2D eigenvalue weighted by Crippen LogP contribution is 2.35. The van der Waals surface area contributed by atoms with E-state index in [9.17, 15) is 18.0 Å². The molecule has 1 heterocycles. The fourth-order valence-electron chi connectivity index (χ4n) is 2.40. The number of benzene rings is 2. The van der Waals surface area contributed by atoms with E-state index in [2.05, 4.69) is 9.73 Å². The Kier molecular flexibility index (Phi) is 5.44. The van der Waals surface area contributed by atoms with E-state index in [0.717, 1.165) is 0 Å². The topological polar surface area (TPSA) is 57.1 Å². The zero-order valence-corrected chi connectivity index (χ0v) is 14.1. The van der Waals surface area contributed by atoms with Gasteiger partial charge in [0.05, 0.1) is 6.61 Å². The molecule has 8 heteroatoms. The minimum absolute atomic E-state index is 0.0106. The van der Waals surface area contributed by atoms with Crippen molar-refractivity contribution in [2.75, 3.05) is 6.61 Å². The molecule has 0 fully saturated rings. The number of esters is 1. The molecule has 0 bridgehead atoms. The normalized spacial score (nSPS) is 15.1. The minimum atomic E-state index is -3.07. The van der Waals surface area contributed by atoms with Crippen molar-refractivity contribution in [1.82, 2.24) is 0 Å². The molecule has 0 N–H and O–H groups in total. The molecule has 0 saturated carbocycles. The van der Waals surface area contributed by atoms with E-state index in [1.54, 1.807) is 13.0 Å². The summed E-state index contributed by atoms with van der Waals surface area (Å²) in [5.74, 6) is -1.31. The maximum Gasteiger partial charge on any atom is 0.387 e. The number of hydrogen-bond donors (Lipinski definition) is 0. The van der Waals surface area contributed by atoms with E-state index < -0.39 is 18.4 Å². The number of ether oxygens (including phenoxy) is 3. The molecule has 5 nitrogen and oxygen atoms in total. The molecule has 0 atom stereocenters. The number of para-hydroxylation sites is 1. The van der Waals surface area contributed by atoms with Crippen molar-refractivity contribution in [3.8, 4) is 11.5 Å². The van der Waals surface area contributed by atoms with Gasteiger partial charge in [0, 0.05) is 11.1 Å². The summed E-state index contributed by atoms with van der Waals surface area (Å²) < 4.78 is 53.5. The lowest BCUT2D eigenvalue weighted by Crippen LogP contribution is -2.07. The summed E-state index contributed by atoms with van der Waals surface area (Å²) in [6.07, 6.45) is 1.26. The highest BCUT2D eigenvalue weighted by atomic mass is 19.3. The predicted octanol–water partition coefficient (Wildman–Crippen LogP) is 4.17. The SMILES string of the molecule is CCOc1cccc(/C=C2\N=C(c3ccc(F)cc3)OC2=O)c1OC(F)F. The van der Waals surface area contributed by atoms with Crippen LogP contribution in [0.2, 0.25) is 0 Å². The van der Waals surface area contributed by atoms with Crippen LogP contribution in [-0.2, 0) is 9.53 Å². The minimum Gasteiger partial charge on any atom is -0.490 e. The quantitative estimate of drug-likeness (QED) is 0.560. The molecule has 1 aliphatic rings. The van der Waals surface area contributed by atoms with Gasteiger partial charge >= 0.3 is 12.6 Å². The van der Waals surface area contributed by atoms with Crippen molar-refractivity contribution in [3.63, 3.8) is 0 Å². The lowest BCUT2D eigenvalue weighted by Gasteiger charge is -2.13. The van der Waals surface area contributed by atoms with Crippen LogP contribution in [0.1, 0.15) is 18.1 Å². The summed E-state index contributed by atoms with van der Waals surface area (Å²) in [6.45, 7) is -1.13. The van der Waals surface area contributed by atoms with Crippen LogP contribution < -0.4 is 9.47 Å². The third-order valence-electron chi connectivity index (χ3n) is 3.52. The van der Waals surface area contributed by atoms with Crippen molar-refractivity contribution in [3.05, 3.63) is 65.1 Å². The number of hydrogen-bond acceptors (Lipinski definition) is 5. The first-order valence-corrected chi connectivity index (χ1v) is 7.97. The molecule has 0 unspecified atom stereocenters. The van der Waals surface area contributed by atoms with Crippen LogP contribution in [0.15, 0.2) is 53.2 Å². The van der Waals surface area contributed by atoms with Crippen LogP contribution in [0, 0.1) is 5.82 Å². The van der Waals surface area contributed by atoms with Gasteiger partial charge in [-0.15, -0.1) is 0 Å². The van der Waals surface area contributed by atoms with Crippen LogP contribution in [0.4, 0.5) is 13.2 Å². The van der Waals surface area contributed by atoms with E-state index >= 15 is 0 Å². The van der Waals surface area contributed by atoms with Crippen LogP contribution in [0.25, 0.3) is 6.08 Å². The number of carbonyl (C=O) groups is 1. The molecular weight excluding hydrogens is 363 g/mol. The molecule has 0 aromatic heterocycles. The fraction of sp³-hybridized carbons (Fsp3) is 0.158. The van der Waals surface area contributed by atoms with Gasteiger partial charge < -0.3 is 14.2 Å². The predicted molar refractivity (Wildman–Crippen MR) is 91.2 cm³/mol. The number of rotatable bonds is 6. The van der Waals surface area contributed by atoms with E-state index in [0.29, 0.717) is 5.56 Å². The Morgan fingerprint density at radius 3 is 2.59 bits per heavy atom. The largest absolute Gasteiger partial charge is 0.490 e. The molecule has 0 spiro atoms. The van der Waals surface area contributed by atoms with Crippen LogP contribution in [0.3, 0.4) is 0 Å². The van der Waals surface area contributed by atoms with Gasteiger partial charge in [0.25, 0.3) is 0 Å². The lowest BCUT2D eigenvalue weighted by atomic mass is 10.1. The van der Waals surface area contributed by atoms with Gasteiger partial charge in [-0.25, -0.2) is 14.2 Å². The van der Waals surface area contributed by atoms with Crippen molar-refractivity contribution >= 4 is 17.9 Å². The zero-order valence-electron chi connectivity index (χ0n) is 14.1. The summed E-state index contributed by atoms with van der Waals surface area (Å²) in [7, 11) is 0. The Balaban J connectivity index is 1.99. The van der Waals surface area contributed by atoms with Gasteiger partial charge in [0.15, 0.2) is 17.2 Å². The molecule has 0 aliphatic carbocycles. The van der Waals surface area contributed by atoms with Gasteiger partial charge in [-0.3, -0.25) is 0 Å². The van der Waals surface area contributed by atoms with E-state index in [1.165, 1.54) is 42.5 Å². The molecule has 2 aromatic carbocycles. The first-order chi connectivity index (χ1) is 13.0. The standard InChI is InChI=1S/C19H14F3NO4/c1-2-25-15-5-3-4-12(16(15)26-19(21)22)10-14-18(24)27-17(23-14)11-6-8-13(20)9-7-11/h3-10,19H,2H2,1H3/b14-10-. The third-order valence-corrected chi connectivity index (χ3v) is 3.52. The molecule has 1 aliphatic heterocycles. The molecular formula is C19H14F3NO4. The second kappa shape index (κ2) is 7.94. The number of aliphatic imine (C=N–C) groups is 1. The summed E-state index contributed by atoms with van der Waals surface area (Å²) in [6, 6.07) is 9.74. The summed E-state index contributed by atoms with van der Waals surface area (Å²) >= 11 is 0. The summed E-state index contributed by atoms with van der Waals surface area (Å²) in [4.78, 5) is 16.1. The smallest absolute Gasteiger partial charge is 0.387 e. The Morgan fingerprint density at radius 1 is 1.19 bits per heavy atom. The van der Waals surface area contributed by atoms with Crippen molar-refractivity contribution in [2.24, 2.45) is 4.99 Å². The first-order valence-electron chi connectivity index (χ1n) is 7.97. The second-order valence-corrected chi connectivity index (χ2v) is 5.33. The fourth-order valence-corrected chi connectivity index (χ4v) is 2.40. The van der Waals surface area contributed by atoms with Crippen LogP contribution >= 0.6 is 0 Å². The number of alkyl halides is 2. The maximum absolute atomic E-state index is 13.0. The average Bonchev–Trinajstić information content (AvgIpc) is 2.99. The highest BCUT2D eigenvalue weighted by Gasteiger charge is 2.25. The summed E-state index contributed by atoms with van der Waals surface area (Å²) in [5, 5.41) is 0. The van der Waals surface area contributed by atoms with Crippen LogP contribution in [-0.4, -0.2) is 25.1 Å². The number of cyclic esters (lactones) is 1. The van der Waals surface area contributed by atoms with Gasteiger partial charge in [-0.1, -0.05) is 12.1 Å². The Bertz CT molecular complexity index is 908. The third kappa shape index (κ3) is 4.28. The first kappa shape index (κ1) is 18.5. The highest BCUT2D eigenvalue weighted by molar-refractivity contribution is 6.13. The Labute approximate surface area is 152 Å². The molecule has 3 rings (SSSR count). The molecule has 140 valence electrons. The van der Waals surface area contributed by atoms with Crippen LogP contribution in [0.5, 0.6) is 11.5 Å². The Morgan fingerprint density at radius 2 is 1.93 bits per heavy atom. The van der Waals surface area contributed by atoms with Gasteiger partial charge in [-0.2, -0.15) is 8.78 Å². The number of nitrogens with zero attached hydrogens (tertiary/aromatic N) is 1. The van der Waals surface area contributed by atoms with Gasteiger partial charge in [-0.05, 0) is 43.3 Å². The second-order valence-electron chi connectivity index (χ2n) is 5.33. The Hall–Kier alpha value is -3.29. The molecule has 0 saturated heterocycles. The molecule has 27 heavy (non-hydrogen) atoms. The molecule has 0 amide bonds. The van der Waals surface area contributed by atoms with Gasteiger partial charge in [0.2, 0.25) is 5.90 Å². The monoisotopic (exact) mass is 377 g/mol. The van der Waals surface area contributed by atoms with Gasteiger partial charge in [0.1, 0.15) is 5.82 Å². The molecule has 0 radical (unpaired) electrons. The summed E-state index contributed by atoms with van der Waals surface area (Å²) in [5.41, 5.74) is 0.472. The van der Waals surface area contributed by atoms with Crippen molar-refractivity contribution in [2.45, 2.75) is 13.5 Å². The maximum atomic E-state index is 13.0.